The molecule has 1 N–H and O–H groups in total. The first-order valence-electron chi connectivity index (χ1n) is 11.7. The van der Waals surface area contributed by atoms with Gasteiger partial charge in [0.1, 0.15) is 5.60 Å². The van der Waals surface area contributed by atoms with E-state index in [2.05, 4.69) is 36.2 Å². The zero-order chi connectivity index (χ0) is 24.6. The van der Waals surface area contributed by atoms with Gasteiger partial charge in [-0.15, -0.1) is 6.58 Å². The molecule has 0 aromatic heterocycles. The molecule has 0 fully saturated rings. The van der Waals surface area contributed by atoms with Crippen LogP contribution in [0.2, 0.25) is 0 Å². The molecule has 0 aliphatic rings. The van der Waals surface area contributed by atoms with Crippen LogP contribution in [0, 0.1) is 0 Å². The summed E-state index contributed by atoms with van der Waals surface area (Å²) in [6, 6.07) is 23.8. The van der Waals surface area contributed by atoms with Crippen molar-refractivity contribution in [3.8, 4) is 0 Å². The largest absolute Gasteiger partial charge is 0.443 e. The molecule has 5 heteroatoms. The third-order valence-corrected chi connectivity index (χ3v) is 5.45. The van der Waals surface area contributed by atoms with E-state index >= 15 is 0 Å². The Balaban J connectivity index is 1.83. The van der Waals surface area contributed by atoms with Gasteiger partial charge in [0.2, 0.25) is 5.91 Å². The molecule has 5 nitrogen and oxygen atoms in total. The first-order chi connectivity index (χ1) is 16.3. The van der Waals surface area contributed by atoms with E-state index in [4.69, 9.17) is 4.74 Å². The Hall–Kier alpha value is -3.44. The minimum atomic E-state index is -0.693. The number of hydrogen-bond donors (Lipinski definition) is 1. The molecule has 0 saturated carbocycles. The van der Waals surface area contributed by atoms with Crippen LogP contribution >= 0.6 is 0 Å². The van der Waals surface area contributed by atoms with Gasteiger partial charge in [-0.1, -0.05) is 72.8 Å². The molecule has 34 heavy (non-hydrogen) atoms. The van der Waals surface area contributed by atoms with Crippen LogP contribution in [0.4, 0.5) is 4.79 Å². The first kappa shape index (κ1) is 25.2. The number of imide groups is 1. The number of rotatable bonds is 9. The zero-order valence-corrected chi connectivity index (χ0v) is 20.3. The molecule has 0 radical (unpaired) electrons. The van der Waals surface area contributed by atoms with Crippen LogP contribution in [0.3, 0.4) is 0 Å². The van der Waals surface area contributed by atoms with Crippen LogP contribution in [0.25, 0.3) is 10.8 Å². The highest BCUT2D eigenvalue weighted by atomic mass is 16.6. The summed E-state index contributed by atoms with van der Waals surface area (Å²) in [5.41, 5.74) is 1.35. The molecule has 1 unspecified atom stereocenters. The smallest absolute Gasteiger partial charge is 0.417 e. The molecule has 0 heterocycles. The lowest BCUT2D eigenvalue weighted by Crippen LogP contribution is -2.43. The molecule has 2 amide bonds. The second-order valence-electron chi connectivity index (χ2n) is 9.32. The van der Waals surface area contributed by atoms with E-state index < -0.39 is 11.7 Å². The van der Waals surface area contributed by atoms with Gasteiger partial charge in [-0.25, -0.2) is 9.69 Å². The van der Waals surface area contributed by atoms with Crippen LogP contribution in [0.5, 0.6) is 0 Å². The van der Waals surface area contributed by atoms with Crippen molar-refractivity contribution in [2.75, 3.05) is 13.1 Å². The predicted molar refractivity (Wildman–Crippen MR) is 138 cm³/mol. The Morgan fingerprint density at radius 1 is 1.00 bits per heavy atom. The highest BCUT2D eigenvalue weighted by Crippen LogP contribution is 2.24. The monoisotopic (exact) mass is 458 g/mol. The summed E-state index contributed by atoms with van der Waals surface area (Å²) in [7, 11) is 0. The van der Waals surface area contributed by atoms with Crippen molar-refractivity contribution in [1.29, 1.82) is 0 Å². The Morgan fingerprint density at radius 2 is 1.68 bits per heavy atom. The van der Waals surface area contributed by atoms with E-state index in [1.807, 2.05) is 48.5 Å². The van der Waals surface area contributed by atoms with Crippen LogP contribution in [0.15, 0.2) is 85.5 Å². The number of nitrogens with one attached hydrogen (secondary N) is 1. The van der Waals surface area contributed by atoms with Gasteiger partial charge in [-0.2, -0.15) is 0 Å². The average molecular weight is 459 g/mol. The van der Waals surface area contributed by atoms with Gasteiger partial charge in [0.05, 0.1) is 0 Å². The van der Waals surface area contributed by atoms with Crippen LogP contribution in [-0.2, 0) is 16.0 Å². The van der Waals surface area contributed by atoms with Crippen molar-refractivity contribution in [2.45, 2.75) is 45.3 Å². The van der Waals surface area contributed by atoms with E-state index in [0.717, 1.165) is 21.9 Å². The van der Waals surface area contributed by atoms with Crippen molar-refractivity contribution in [2.24, 2.45) is 0 Å². The number of amides is 2. The van der Waals surface area contributed by atoms with E-state index in [0.29, 0.717) is 13.0 Å². The van der Waals surface area contributed by atoms with Crippen molar-refractivity contribution < 1.29 is 14.3 Å². The van der Waals surface area contributed by atoms with Gasteiger partial charge >= 0.3 is 6.09 Å². The molecule has 3 aromatic carbocycles. The summed E-state index contributed by atoms with van der Waals surface area (Å²) in [6.45, 7) is 9.99. The second kappa shape index (κ2) is 11.6. The molecule has 178 valence electrons. The van der Waals surface area contributed by atoms with Crippen molar-refractivity contribution >= 4 is 22.8 Å². The van der Waals surface area contributed by atoms with Crippen LogP contribution in [0.1, 0.15) is 44.4 Å². The summed E-state index contributed by atoms with van der Waals surface area (Å²) >= 11 is 0. The maximum Gasteiger partial charge on any atom is 0.417 e. The summed E-state index contributed by atoms with van der Waals surface area (Å²) in [5.74, 6) is -0.278. The molecule has 1 atom stereocenters. The third-order valence-electron chi connectivity index (χ3n) is 5.45. The Bertz CT molecular complexity index is 1120. The number of nitrogens with zero attached hydrogens (tertiary/aromatic N) is 1. The highest BCUT2D eigenvalue weighted by Gasteiger charge is 2.29. The van der Waals surface area contributed by atoms with Crippen molar-refractivity contribution in [3.63, 3.8) is 0 Å². The fourth-order valence-electron chi connectivity index (χ4n) is 3.76. The molecule has 0 saturated heterocycles. The molecule has 0 aliphatic carbocycles. The SMILES string of the molecule is C=CCNC(CC(=O)N(CCc1ccccc1)C(=O)OC(C)(C)C)c1ccc2ccccc2c1. The fraction of sp³-hybridized carbons (Fsp3) is 0.310. The minimum Gasteiger partial charge on any atom is -0.443 e. The number of carbonyl (C=O) groups excluding carboxylic acids is 2. The third kappa shape index (κ3) is 7.29. The molecule has 0 aliphatic heterocycles. The van der Waals surface area contributed by atoms with E-state index in [1.54, 1.807) is 26.8 Å². The highest BCUT2D eigenvalue weighted by molar-refractivity contribution is 5.92. The van der Waals surface area contributed by atoms with E-state index in [-0.39, 0.29) is 24.9 Å². The lowest BCUT2D eigenvalue weighted by molar-refractivity contribution is -0.130. The van der Waals surface area contributed by atoms with Crippen molar-refractivity contribution in [3.05, 3.63) is 96.6 Å². The maximum absolute atomic E-state index is 13.5. The quantitative estimate of drug-likeness (QED) is 0.396. The fourth-order valence-corrected chi connectivity index (χ4v) is 3.76. The number of ether oxygens (including phenoxy) is 1. The summed E-state index contributed by atoms with van der Waals surface area (Å²) in [4.78, 5) is 27.7. The molecular weight excluding hydrogens is 424 g/mol. The van der Waals surface area contributed by atoms with Crippen molar-refractivity contribution in [1.82, 2.24) is 10.2 Å². The second-order valence-corrected chi connectivity index (χ2v) is 9.32. The molecule has 0 bridgehead atoms. The summed E-state index contributed by atoms with van der Waals surface area (Å²) in [5, 5.41) is 5.62. The topological polar surface area (TPSA) is 58.6 Å². The average Bonchev–Trinajstić information content (AvgIpc) is 2.81. The van der Waals surface area contributed by atoms with Gasteiger partial charge in [-0.3, -0.25) is 4.79 Å². The molecule has 3 aromatic rings. The Morgan fingerprint density at radius 3 is 2.35 bits per heavy atom. The standard InChI is InChI=1S/C29H34N2O3/c1-5-18-30-26(25-16-15-23-13-9-10-14-24(23)20-25)21-27(32)31(28(33)34-29(2,3)4)19-17-22-11-7-6-8-12-22/h5-16,20,26,30H,1,17-19,21H2,2-4H3. The zero-order valence-electron chi connectivity index (χ0n) is 20.3. The minimum absolute atomic E-state index is 0.125. The summed E-state index contributed by atoms with van der Waals surface area (Å²) < 4.78 is 5.57. The lowest BCUT2D eigenvalue weighted by atomic mass is 9.99. The lowest BCUT2D eigenvalue weighted by Gasteiger charge is -2.28. The Kier molecular flexibility index (Phi) is 8.61. The summed E-state index contributed by atoms with van der Waals surface area (Å²) in [6.07, 6.45) is 1.83. The number of carbonyl (C=O) groups is 2. The molecule has 0 spiro atoms. The van der Waals surface area contributed by atoms with Gasteiger partial charge < -0.3 is 10.1 Å². The van der Waals surface area contributed by atoms with E-state index in [1.165, 1.54) is 4.90 Å². The maximum atomic E-state index is 13.5. The first-order valence-corrected chi connectivity index (χ1v) is 11.7. The van der Waals surface area contributed by atoms with Gasteiger partial charge in [0.15, 0.2) is 0 Å². The number of fused-ring (bicyclic) bond motifs is 1. The normalized spacial score (nSPS) is 12.2. The van der Waals surface area contributed by atoms with E-state index in [9.17, 15) is 9.59 Å². The molecular formula is C29H34N2O3. The van der Waals surface area contributed by atoms with Crippen LogP contribution < -0.4 is 5.32 Å². The predicted octanol–water partition coefficient (Wildman–Crippen LogP) is 6.05. The van der Waals surface area contributed by atoms with Gasteiger partial charge in [-0.05, 0) is 55.2 Å². The number of hydrogen-bond acceptors (Lipinski definition) is 4. The van der Waals surface area contributed by atoms with Gasteiger partial charge in [0, 0.05) is 25.6 Å². The van der Waals surface area contributed by atoms with Gasteiger partial charge in [0.25, 0.3) is 0 Å². The van der Waals surface area contributed by atoms with Crippen LogP contribution in [-0.4, -0.2) is 35.6 Å². The Labute approximate surface area is 202 Å². The molecule has 3 rings (SSSR count). The number of benzene rings is 3.